The van der Waals surface area contributed by atoms with Crippen LogP contribution in [0.2, 0.25) is 10.0 Å². The lowest BCUT2D eigenvalue weighted by molar-refractivity contribution is 0.0955. The topological polar surface area (TPSA) is 50.7 Å². The van der Waals surface area contributed by atoms with Gasteiger partial charge < -0.3 is 4.74 Å². The molecule has 1 amide bonds. The first-order valence-electron chi connectivity index (χ1n) is 8.16. The molecule has 0 bridgehead atoms. The molecule has 0 aliphatic carbocycles. The largest absolute Gasteiger partial charge is 0.489 e. The molecule has 0 radical (unpaired) electrons. The number of hydrogen-bond donors (Lipinski definition) is 1. The minimum absolute atomic E-state index is 0.300. The third kappa shape index (κ3) is 5.84. The molecule has 0 spiro atoms. The second kappa shape index (κ2) is 9.21. The summed E-state index contributed by atoms with van der Waals surface area (Å²) in [5.41, 5.74) is 4.84. The van der Waals surface area contributed by atoms with Gasteiger partial charge in [0.25, 0.3) is 5.91 Å². The third-order valence-corrected chi connectivity index (χ3v) is 4.19. The smallest absolute Gasteiger partial charge is 0.271 e. The average Bonchev–Trinajstić information content (AvgIpc) is 2.69. The Labute approximate surface area is 167 Å². The molecule has 3 aromatic rings. The van der Waals surface area contributed by atoms with Gasteiger partial charge in [0.2, 0.25) is 0 Å². The molecule has 0 aromatic heterocycles. The number of rotatable bonds is 6. The Hall–Kier alpha value is -2.82. The first kappa shape index (κ1) is 19.0. The SMILES string of the molecule is O=C(N/N=C/c1ccc(OCc2ccc(Cl)cc2)cc1)c1ccc(Cl)cc1. The Morgan fingerprint density at radius 2 is 1.48 bits per heavy atom. The molecule has 3 aromatic carbocycles. The molecular formula is C21H16Cl2N2O2. The fraction of sp³-hybridized carbons (Fsp3) is 0.0476. The molecule has 0 atom stereocenters. The second-order valence-electron chi connectivity index (χ2n) is 5.69. The molecule has 4 nitrogen and oxygen atoms in total. The lowest BCUT2D eigenvalue weighted by Crippen LogP contribution is -2.17. The van der Waals surface area contributed by atoms with Crippen LogP contribution in [0.15, 0.2) is 77.9 Å². The van der Waals surface area contributed by atoms with Gasteiger partial charge in [0, 0.05) is 15.6 Å². The lowest BCUT2D eigenvalue weighted by atomic mass is 10.2. The zero-order valence-corrected chi connectivity index (χ0v) is 15.7. The molecule has 27 heavy (non-hydrogen) atoms. The number of halogens is 2. The van der Waals surface area contributed by atoms with Crippen LogP contribution in [0.3, 0.4) is 0 Å². The second-order valence-corrected chi connectivity index (χ2v) is 6.56. The van der Waals surface area contributed by atoms with Gasteiger partial charge in [-0.25, -0.2) is 5.43 Å². The summed E-state index contributed by atoms with van der Waals surface area (Å²) in [6.45, 7) is 0.460. The van der Waals surface area contributed by atoms with E-state index in [1.807, 2.05) is 48.5 Å². The van der Waals surface area contributed by atoms with Gasteiger partial charge in [-0.3, -0.25) is 4.79 Å². The Balaban J connectivity index is 1.50. The average molecular weight is 399 g/mol. The normalized spacial score (nSPS) is 10.7. The minimum atomic E-state index is -0.300. The molecule has 0 saturated carbocycles. The highest BCUT2D eigenvalue weighted by molar-refractivity contribution is 6.30. The molecule has 0 aliphatic rings. The van der Waals surface area contributed by atoms with Crippen LogP contribution in [0, 0.1) is 0 Å². The van der Waals surface area contributed by atoms with Gasteiger partial charge in [0.1, 0.15) is 12.4 Å². The number of hydrazone groups is 1. The molecule has 0 saturated heterocycles. The van der Waals surface area contributed by atoms with Crippen molar-refractivity contribution in [3.8, 4) is 5.75 Å². The number of amides is 1. The van der Waals surface area contributed by atoms with E-state index in [9.17, 15) is 4.79 Å². The van der Waals surface area contributed by atoms with Crippen LogP contribution in [0.1, 0.15) is 21.5 Å². The van der Waals surface area contributed by atoms with Gasteiger partial charge in [-0.1, -0.05) is 35.3 Å². The first-order valence-corrected chi connectivity index (χ1v) is 8.92. The predicted octanol–water partition coefficient (Wildman–Crippen LogP) is 5.34. The molecule has 0 aliphatic heterocycles. The van der Waals surface area contributed by atoms with Crippen molar-refractivity contribution < 1.29 is 9.53 Å². The molecule has 3 rings (SSSR count). The number of nitrogens with zero attached hydrogens (tertiary/aromatic N) is 1. The van der Waals surface area contributed by atoms with Crippen LogP contribution in [-0.2, 0) is 6.61 Å². The standard InChI is InChI=1S/C21H16Cl2N2O2/c22-18-7-1-16(2-8-18)14-27-20-11-3-15(4-12-20)13-24-25-21(26)17-5-9-19(23)10-6-17/h1-13H,14H2,(H,25,26)/b24-13+. The lowest BCUT2D eigenvalue weighted by Gasteiger charge is -2.06. The maximum atomic E-state index is 11.9. The van der Waals surface area contributed by atoms with Crippen LogP contribution in [-0.4, -0.2) is 12.1 Å². The van der Waals surface area contributed by atoms with Crippen molar-refractivity contribution in [2.75, 3.05) is 0 Å². The summed E-state index contributed by atoms with van der Waals surface area (Å²) < 4.78 is 5.73. The van der Waals surface area contributed by atoms with E-state index in [1.54, 1.807) is 30.5 Å². The highest BCUT2D eigenvalue weighted by Gasteiger charge is 2.03. The van der Waals surface area contributed by atoms with Crippen molar-refractivity contribution >= 4 is 35.3 Å². The summed E-state index contributed by atoms with van der Waals surface area (Å²) >= 11 is 11.7. The van der Waals surface area contributed by atoms with E-state index < -0.39 is 0 Å². The Kier molecular flexibility index (Phi) is 6.47. The van der Waals surface area contributed by atoms with Crippen molar-refractivity contribution in [1.29, 1.82) is 0 Å². The molecule has 0 fully saturated rings. The van der Waals surface area contributed by atoms with Crippen LogP contribution in [0.25, 0.3) is 0 Å². The Morgan fingerprint density at radius 1 is 0.889 bits per heavy atom. The van der Waals surface area contributed by atoms with Crippen molar-refractivity contribution in [3.05, 3.63) is 99.5 Å². The van der Waals surface area contributed by atoms with E-state index >= 15 is 0 Å². The van der Waals surface area contributed by atoms with Gasteiger partial charge in [-0.15, -0.1) is 0 Å². The van der Waals surface area contributed by atoms with Crippen molar-refractivity contribution in [2.45, 2.75) is 6.61 Å². The number of nitrogens with one attached hydrogen (secondary N) is 1. The monoisotopic (exact) mass is 398 g/mol. The number of ether oxygens (including phenoxy) is 1. The molecule has 1 N–H and O–H groups in total. The molecule has 6 heteroatoms. The van der Waals surface area contributed by atoms with Crippen molar-refractivity contribution in [1.82, 2.24) is 5.43 Å². The summed E-state index contributed by atoms with van der Waals surface area (Å²) in [4.78, 5) is 11.9. The van der Waals surface area contributed by atoms with Gasteiger partial charge in [-0.05, 0) is 71.8 Å². The van der Waals surface area contributed by atoms with Crippen LogP contribution in [0.5, 0.6) is 5.75 Å². The van der Waals surface area contributed by atoms with Gasteiger partial charge in [-0.2, -0.15) is 5.10 Å². The highest BCUT2D eigenvalue weighted by Crippen LogP contribution is 2.15. The van der Waals surface area contributed by atoms with Crippen molar-refractivity contribution in [3.63, 3.8) is 0 Å². The maximum Gasteiger partial charge on any atom is 0.271 e. The Bertz CT molecular complexity index is 922. The summed E-state index contributed by atoms with van der Waals surface area (Å²) in [6, 6.07) is 21.5. The van der Waals surface area contributed by atoms with E-state index in [-0.39, 0.29) is 5.91 Å². The zero-order valence-electron chi connectivity index (χ0n) is 14.2. The quantitative estimate of drug-likeness (QED) is 0.450. The van der Waals surface area contributed by atoms with Gasteiger partial charge in [0.15, 0.2) is 0 Å². The van der Waals surface area contributed by atoms with Crippen LogP contribution >= 0.6 is 23.2 Å². The summed E-state index contributed by atoms with van der Waals surface area (Å²) in [7, 11) is 0. The summed E-state index contributed by atoms with van der Waals surface area (Å²) in [5.74, 6) is 0.443. The molecule has 0 heterocycles. The predicted molar refractivity (Wildman–Crippen MR) is 109 cm³/mol. The number of carbonyl (C=O) groups excluding carboxylic acids is 1. The van der Waals surface area contributed by atoms with Gasteiger partial charge >= 0.3 is 0 Å². The molecular weight excluding hydrogens is 383 g/mol. The van der Waals surface area contributed by atoms with Crippen molar-refractivity contribution in [2.24, 2.45) is 5.10 Å². The van der Waals surface area contributed by atoms with Crippen LogP contribution in [0.4, 0.5) is 0 Å². The number of benzene rings is 3. The van der Waals surface area contributed by atoms with E-state index in [1.165, 1.54) is 0 Å². The van der Waals surface area contributed by atoms with Crippen LogP contribution < -0.4 is 10.2 Å². The first-order chi connectivity index (χ1) is 13.1. The fourth-order valence-corrected chi connectivity index (χ4v) is 2.48. The number of carbonyl (C=O) groups is 1. The summed E-state index contributed by atoms with van der Waals surface area (Å²) in [5, 5.41) is 5.24. The van der Waals surface area contributed by atoms with E-state index in [4.69, 9.17) is 27.9 Å². The third-order valence-electron chi connectivity index (χ3n) is 3.68. The zero-order chi connectivity index (χ0) is 19.1. The van der Waals surface area contributed by atoms with E-state index in [0.717, 1.165) is 16.9 Å². The highest BCUT2D eigenvalue weighted by atomic mass is 35.5. The maximum absolute atomic E-state index is 11.9. The fourth-order valence-electron chi connectivity index (χ4n) is 2.23. The van der Waals surface area contributed by atoms with E-state index in [2.05, 4.69) is 10.5 Å². The Morgan fingerprint density at radius 3 is 2.11 bits per heavy atom. The summed E-state index contributed by atoms with van der Waals surface area (Å²) in [6.07, 6.45) is 1.57. The minimum Gasteiger partial charge on any atom is -0.489 e. The molecule has 136 valence electrons. The van der Waals surface area contributed by atoms with Gasteiger partial charge in [0.05, 0.1) is 6.21 Å². The van der Waals surface area contributed by atoms with E-state index in [0.29, 0.717) is 22.2 Å². The number of hydrogen-bond acceptors (Lipinski definition) is 3. The molecule has 0 unspecified atom stereocenters.